The fourth-order valence-electron chi connectivity index (χ4n) is 0.823. The molecule has 74 valence electrons. The fourth-order valence-corrected chi connectivity index (χ4v) is 0.823. The Hall–Kier alpha value is -1.08. The quantitative estimate of drug-likeness (QED) is 0.729. The van der Waals surface area contributed by atoms with Crippen molar-refractivity contribution in [1.82, 2.24) is 5.16 Å². The Balaban J connectivity index is 3.03. The highest BCUT2D eigenvalue weighted by molar-refractivity contribution is 5.20. The summed E-state index contributed by atoms with van der Waals surface area (Å²) in [5.74, 6) is 0. The lowest BCUT2D eigenvalue weighted by Gasteiger charge is -2.08. The number of aliphatic hydroxyl groups is 1. The average molecular weight is 196 g/mol. The Bertz CT molecular complexity index is 284. The van der Waals surface area contributed by atoms with Crippen molar-refractivity contribution in [3.8, 4) is 0 Å². The van der Waals surface area contributed by atoms with E-state index in [0.717, 1.165) is 6.26 Å². The molecule has 0 aliphatic rings. The highest BCUT2D eigenvalue weighted by Gasteiger charge is 2.38. The first-order valence-electron chi connectivity index (χ1n) is 3.36. The summed E-state index contributed by atoms with van der Waals surface area (Å²) in [7, 11) is 0. The summed E-state index contributed by atoms with van der Waals surface area (Å²) in [6.45, 7) is -0.315. The van der Waals surface area contributed by atoms with Crippen molar-refractivity contribution in [2.45, 2.75) is 12.3 Å². The van der Waals surface area contributed by atoms with Gasteiger partial charge in [-0.15, -0.1) is 0 Å². The van der Waals surface area contributed by atoms with Gasteiger partial charge in [0.1, 0.15) is 6.26 Å². The fraction of sp³-hybridized carbons (Fsp3) is 0.500. The van der Waals surface area contributed by atoms with Crippen LogP contribution in [0, 0.1) is 0 Å². The second-order valence-corrected chi connectivity index (χ2v) is 2.37. The lowest BCUT2D eigenvalue weighted by molar-refractivity contribution is -0.144. The van der Waals surface area contributed by atoms with E-state index in [1.165, 1.54) is 0 Å². The maximum Gasteiger partial charge on any atom is 0.437 e. The molecule has 0 aromatic carbocycles. The van der Waals surface area contributed by atoms with Crippen LogP contribution in [-0.4, -0.2) is 16.8 Å². The molecular formula is C6H7F3N2O2. The Morgan fingerprint density at radius 1 is 1.62 bits per heavy atom. The van der Waals surface area contributed by atoms with Gasteiger partial charge in [0.2, 0.25) is 0 Å². The number of halogens is 3. The molecule has 0 fully saturated rings. The highest BCUT2D eigenvalue weighted by atomic mass is 19.4. The molecule has 1 aromatic heterocycles. The zero-order chi connectivity index (χ0) is 10.1. The first-order valence-corrected chi connectivity index (χ1v) is 3.36. The van der Waals surface area contributed by atoms with Gasteiger partial charge in [0, 0.05) is 6.54 Å². The second-order valence-electron chi connectivity index (χ2n) is 2.37. The summed E-state index contributed by atoms with van der Waals surface area (Å²) in [6, 6.07) is 0. The number of nitrogens with two attached hydrogens (primary N) is 1. The van der Waals surface area contributed by atoms with Gasteiger partial charge in [-0.2, -0.15) is 13.2 Å². The van der Waals surface area contributed by atoms with Gasteiger partial charge in [0.15, 0.2) is 5.69 Å². The summed E-state index contributed by atoms with van der Waals surface area (Å²) in [5.41, 5.74) is 3.32. The molecule has 3 N–H and O–H groups in total. The van der Waals surface area contributed by atoms with E-state index in [0.29, 0.717) is 0 Å². The van der Waals surface area contributed by atoms with Crippen LogP contribution in [0.1, 0.15) is 17.4 Å². The zero-order valence-corrected chi connectivity index (χ0v) is 6.38. The standard InChI is InChI=1S/C6H7F3N2O2/c7-6(8,9)5-3(2-13-11-5)4(12)1-10/h2,4,12H,1,10H2. The van der Waals surface area contributed by atoms with Crippen LogP contribution < -0.4 is 5.73 Å². The molecule has 1 unspecified atom stereocenters. The van der Waals surface area contributed by atoms with Crippen molar-refractivity contribution >= 4 is 0 Å². The molecule has 0 spiro atoms. The second kappa shape index (κ2) is 3.35. The van der Waals surface area contributed by atoms with Crippen LogP contribution in [0.25, 0.3) is 0 Å². The summed E-state index contributed by atoms with van der Waals surface area (Å²) in [5, 5.41) is 11.8. The van der Waals surface area contributed by atoms with E-state index < -0.39 is 23.5 Å². The molecule has 7 heteroatoms. The predicted octanol–water partition coefficient (Wildman–Crippen LogP) is 0.685. The molecule has 0 saturated carbocycles. The van der Waals surface area contributed by atoms with Gasteiger partial charge in [-0.3, -0.25) is 0 Å². The molecule has 1 aromatic rings. The van der Waals surface area contributed by atoms with Gasteiger partial charge in [-0.1, -0.05) is 5.16 Å². The van der Waals surface area contributed by atoms with Gasteiger partial charge in [-0.25, -0.2) is 0 Å². The van der Waals surface area contributed by atoms with Crippen molar-refractivity contribution in [3.05, 3.63) is 17.5 Å². The molecule has 13 heavy (non-hydrogen) atoms. The summed E-state index contributed by atoms with van der Waals surface area (Å²) < 4.78 is 40.4. The third kappa shape index (κ3) is 1.99. The van der Waals surface area contributed by atoms with Crippen LogP contribution in [0.15, 0.2) is 10.8 Å². The largest absolute Gasteiger partial charge is 0.437 e. The smallest absolute Gasteiger partial charge is 0.387 e. The zero-order valence-electron chi connectivity index (χ0n) is 6.38. The van der Waals surface area contributed by atoms with Gasteiger partial charge in [0.05, 0.1) is 11.7 Å². The molecular weight excluding hydrogens is 189 g/mol. The van der Waals surface area contributed by atoms with E-state index in [-0.39, 0.29) is 6.54 Å². The van der Waals surface area contributed by atoms with E-state index in [4.69, 9.17) is 10.8 Å². The van der Waals surface area contributed by atoms with Crippen LogP contribution in [0.4, 0.5) is 13.2 Å². The van der Waals surface area contributed by atoms with Gasteiger partial charge in [0.25, 0.3) is 0 Å². The number of hydrogen-bond donors (Lipinski definition) is 2. The molecule has 0 aliphatic carbocycles. The van der Waals surface area contributed by atoms with E-state index in [2.05, 4.69) is 9.68 Å². The summed E-state index contributed by atoms with van der Waals surface area (Å²) in [4.78, 5) is 0. The molecule has 1 atom stereocenters. The molecule has 0 radical (unpaired) electrons. The van der Waals surface area contributed by atoms with Gasteiger partial charge < -0.3 is 15.4 Å². The molecule has 1 heterocycles. The highest BCUT2D eigenvalue weighted by Crippen LogP contribution is 2.32. The number of rotatable bonds is 2. The maximum absolute atomic E-state index is 12.1. The van der Waals surface area contributed by atoms with Crippen molar-refractivity contribution in [2.24, 2.45) is 5.73 Å². The number of hydrogen-bond acceptors (Lipinski definition) is 4. The Kier molecular flexibility index (Phi) is 2.58. The monoisotopic (exact) mass is 196 g/mol. The lowest BCUT2D eigenvalue weighted by Crippen LogP contribution is -2.16. The SMILES string of the molecule is NCC(O)c1conc1C(F)(F)F. The number of nitrogens with zero attached hydrogens (tertiary/aromatic N) is 1. The molecule has 1 rings (SSSR count). The van der Waals surface area contributed by atoms with Crippen LogP contribution in [-0.2, 0) is 6.18 Å². The molecule has 0 amide bonds. The van der Waals surface area contributed by atoms with Crippen LogP contribution in [0.3, 0.4) is 0 Å². The molecule has 0 bridgehead atoms. The number of aromatic nitrogens is 1. The third-order valence-electron chi connectivity index (χ3n) is 1.45. The van der Waals surface area contributed by atoms with Crippen LogP contribution >= 0.6 is 0 Å². The minimum Gasteiger partial charge on any atom is -0.387 e. The minimum absolute atomic E-state index is 0.315. The van der Waals surface area contributed by atoms with E-state index in [1.807, 2.05) is 0 Å². The molecule has 0 aliphatic heterocycles. The van der Waals surface area contributed by atoms with Crippen molar-refractivity contribution < 1.29 is 22.8 Å². The lowest BCUT2D eigenvalue weighted by atomic mass is 10.1. The van der Waals surface area contributed by atoms with Crippen LogP contribution in [0.5, 0.6) is 0 Å². The van der Waals surface area contributed by atoms with Crippen LogP contribution in [0.2, 0.25) is 0 Å². The Morgan fingerprint density at radius 2 is 2.23 bits per heavy atom. The van der Waals surface area contributed by atoms with E-state index in [1.54, 1.807) is 0 Å². The van der Waals surface area contributed by atoms with Crippen molar-refractivity contribution in [1.29, 1.82) is 0 Å². The topological polar surface area (TPSA) is 72.3 Å². The normalized spacial score (nSPS) is 14.5. The Labute approximate surface area is 71.1 Å². The molecule has 4 nitrogen and oxygen atoms in total. The first kappa shape index (κ1) is 10.0. The van der Waals surface area contributed by atoms with E-state index in [9.17, 15) is 13.2 Å². The Morgan fingerprint density at radius 3 is 2.69 bits per heavy atom. The van der Waals surface area contributed by atoms with Gasteiger partial charge >= 0.3 is 6.18 Å². The number of aliphatic hydroxyl groups excluding tert-OH is 1. The predicted molar refractivity (Wildman–Crippen MR) is 35.5 cm³/mol. The van der Waals surface area contributed by atoms with Crippen molar-refractivity contribution in [2.75, 3.05) is 6.54 Å². The number of alkyl halides is 3. The molecule has 0 saturated heterocycles. The summed E-state index contributed by atoms with van der Waals surface area (Å²) >= 11 is 0. The average Bonchev–Trinajstić information content (AvgIpc) is 2.49. The van der Waals surface area contributed by atoms with Crippen molar-refractivity contribution in [3.63, 3.8) is 0 Å². The third-order valence-corrected chi connectivity index (χ3v) is 1.45. The first-order chi connectivity index (χ1) is 5.96. The summed E-state index contributed by atoms with van der Waals surface area (Å²) in [6.07, 6.45) is -5.29. The van der Waals surface area contributed by atoms with Gasteiger partial charge in [-0.05, 0) is 0 Å². The minimum atomic E-state index is -4.63. The maximum atomic E-state index is 12.1. The van der Waals surface area contributed by atoms with E-state index >= 15 is 0 Å².